The number of nitro benzene ring substituents is 1. The van der Waals surface area contributed by atoms with Gasteiger partial charge in [0.2, 0.25) is 0 Å². The number of aromatic carboxylic acids is 1. The van der Waals surface area contributed by atoms with Crippen LogP contribution in [0.1, 0.15) is 21.5 Å². The van der Waals surface area contributed by atoms with Crippen LogP contribution in [-0.4, -0.2) is 16.0 Å². The Kier molecular flexibility index (Phi) is 4.00. The van der Waals surface area contributed by atoms with Crippen molar-refractivity contribution >= 4 is 23.3 Å². The van der Waals surface area contributed by atoms with Gasteiger partial charge in [-0.1, -0.05) is 35.9 Å². The predicted octanol–water partition coefficient (Wildman–Crippen LogP) is 3.54. The molecule has 20 heavy (non-hydrogen) atoms. The molecule has 5 nitrogen and oxygen atoms in total. The van der Waals surface area contributed by atoms with Crippen LogP contribution in [0.5, 0.6) is 0 Å². The third kappa shape index (κ3) is 2.95. The summed E-state index contributed by atoms with van der Waals surface area (Å²) >= 11 is 5.78. The number of benzene rings is 2. The second-order valence-corrected chi connectivity index (χ2v) is 4.61. The number of carboxylic acids is 1. The molecule has 102 valence electrons. The fourth-order valence-electron chi connectivity index (χ4n) is 1.96. The third-order valence-electron chi connectivity index (χ3n) is 2.85. The van der Waals surface area contributed by atoms with E-state index in [9.17, 15) is 20.0 Å². The second-order valence-electron chi connectivity index (χ2n) is 4.18. The topological polar surface area (TPSA) is 80.4 Å². The Balaban J connectivity index is 2.46. The average molecular weight is 292 g/mol. The number of rotatable bonds is 4. The monoisotopic (exact) mass is 291 g/mol. The van der Waals surface area contributed by atoms with E-state index >= 15 is 0 Å². The first-order valence-electron chi connectivity index (χ1n) is 5.73. The molecule has 0 saturated heterocycles. The Morgan fingerprint density at radius 1 is 1.20 bits per heavy atom. The zero-order chi connectivity index (χ0) is 14.7. The molecule has 0 aromatic heterocycles. The molecular formula is C14H10ClNO4. The van der Waals surface area contributed by atoms with Crippen molar-refractivity contribution in [3.05, 3.63) is 74.3 Å². The molecule has 0 atom stereocenters. The minimum Gasteiger partial charge on any atom is -0.477 e. The molecule has 0 fully saturated rings. The maximum absolute atomic E-state index is 11.3. The zero-order valence-electron chi connectivity index (χ0n) is 10.2. The molecule has 1 N–H and O–H groups in total. The van der Waals surface area contributed by atoms with E-state index < -0.39 is 16.6 Å². The first kappa shape index (κ1) is 14.0. The minimum absolute atomic E-state index is 0.271. The molecule has 0 spiro atoms. The average Bonchev–Trinajstić information content (AvgIpc) is 2.40. The molecule has 2 rings (SSSR count). The number of hydrogen-bond acceptors (Lipinski definition) is 3. The van der Waals surface area contributed by atoms with Crippen LogP contribution in [0.4, 0.5) is 5.69 Å². The highest BCUT2D eigenvalue weighted by molar-refractivity contribution is 6.30. The van der Waals surface area contributed by atoms with Crippen LogP contribution in [0.2, 0.25) is 5.02 Å². The van der Waals surface area contributed by atoms with Crippen molar-refractivity contribution < 1.29 is 14.8 Å². The summed E-state index contributed by atoms with van der Waals surface area (Å²) < 4.78 is 0. The third-order valence-corrected chi connectivity index (χ3v) is 3.10. The van der Waals surface area contributed by atoms with Crippen molar-refractivity contribution in [2.45, 2.75) is 6.42 Å². The predicted molar refractivity (Wildman–Crippen MR) is 74.3 cm³/mol. The van der Waals surface area contributed by atoms with Gasteiger partial charge in [-0.25, -0.2) is 4.79 Å². The molecule has 0 aliphatic heterocycles. The number of nitro groups is 1. The van der Waals surface area contributed by atoms with E-state index in [4.69, 9.17) is 11.6 Å². The van der Waals surface area contributed by atoms with Gasteiger partial charge in [-0.3, -0.25) is 10.1 Å². The van der Waals surface area contributed by atoms with E-state index in [0.717, 1.165) is 5.56 Å². The van der Waals surface area contributed by atoms with Crippen molar-refractivity contribution in [2.75, 3.05) is 0 Å². The standard InChI is InChI=1S/C14H10ClNO4/c15-11-6-4-9(5-7-11)8-10-2-1-3-12(16(19)20)13(10)14(17)18/h1-7H,8H2,(H,17,18). The summed E-state index contributed by atoms with van der Waals surface area (Å²) in [5, 5.41) is 20.7. The molecule has 0 radical (unpaired) electrons. The van der Waals surface area contributed by atoms with Crippen LogP contribution in [0.3, 0.4) is 0 Å². The Morgan fingerprint density at radius 3 is 2.40 bits per heavy atom. The fourth-order valence-corrected chi connectivity index (χ4v) is 2.08. The maximum Gasteiger partial charge on any atom is 0.343 e. The van der Waals surface area contributed by atoms with Crippen molar-refractivity contribution in [1.29, 1.82) is 0 Å². The van der Waals surface area contributed by atoms with Crippen LogP contribution in [0.15, 0.2) is 42.5 Å². The van der Waals surface area contributed by atoms with E-state index in [2.05, 4.69) is 0 Å². The lowest BCUT2D eigenvalue weighted by molar-refractivity contribution is -0.385. The SMILES string of the molecule is O=C(O)c1c(Cc2ccc(Cl)cc2)cccc1[N+](=O)[O-]. The molecule has 0 aliphatic carbocycles. The highest BCUT2D eigenvalue weighted by atomic mass is 35.5. The molecule has 0 aliphatic rings. The number of nitrogens with zero attached hydrogens (tertiary/aromatic N) is 1. The summed E-state index contributed by atoms with van der Waals surface area (Å²) in [6.45, 7) is 0. The Hall–Kier alpha value is -2.40. The summed E-state index contributed by atoms with van der Waals surface area (Å²) in [5.41, 5.74) is 0.558. The highest BCUT2D eigenvalue weighted by Gasteiger charge is 2.23. The summed E-state index contributed by atoms with van der Waals surface area (Å²) in [4.78, 5) is 21.5. The highest BCUT2D eigenvalue weighted by Crippen LogP contribution is 2.25. The Bertz CT molecular complexity index is 667. The van der Waals surface area contributed by atoms with Crippen LogP contribution in [0.25, 0.3) is 0 Å². The Morgan fingerprint density at radius 2 is 1.85 bits per heavy atom. The maximum atomic E-state index is 11.3. The molecule has 0 unspecified atom stereocenters. The van der Waals surface area contributed by atoms with E-state index in [-0.39, 0.29) is 5.56 Å². The molecule has 0 heterocycles. The molecule has 6 heteroatoms. The number of carbonyl (C=O) groups is 1. The van der Waals surface area contributed by atoms with Gasteiger partial charge in [0, 0.05) is 11.1 Å². The minimum atomic E-state index is -1.30. The quantitative estimate of drug-likeness (QED) is 0.690. The van der Waals surface area contributed by atoms with E-state index in [1.54, 1.807) is 30.3 Å². The Labute approximate surface area is 119 Å². The lowest BCUT2D eigenvalue weighted by atomic mass is 9.98. The van der Waals surface area contributed by atoms with Crippen LogP contribution < -0.4 is 0 Å². The fraction of sp³-hybridized carbons (Fsp3) is 0.0714. The molecule has 2 aromatic rings. The van der Waals surface area contributed by atoms with Gasteiger partial charge in [0.25, 0.3) is 5.69 Å². The molecule has 0 saturated carbocycles. The van der Waals surface area contributed by atoms with Crippen molar-refractivity contribution in [3.63, 3.8) is 0 Å². The van der Waals surface area contributed by atoms with Crippen molar-refractivity contribution in [3.8, 4) is 0 Å². The van der Waals surface area contributed by atoms with E-state index in [1.165, 1.54) is 12.1 Å². The van der Waals surface area contributed by atoms with Crippen LogP contribution >= 0.6 is 11.6 Å². The van der Waals surface area contributed by atoms with Gasteiger partial charge in [-0.05, 0) is 29.7 Å². The van der Waals surface area contributed by atoms with E-state index in [1.807, 2.05) is 0 Å². The lowest BCUT2D eigenvalue weighted by Crippen LogP contribution is -2.07. The first-order chi connectivity index (χ1) is 9.49. The van der Waals surface area contributed by atoms with Gasteiger partial charge in [-0.2, -0.15) is 0 Å². The van der Waals surface area contributed by atoms with Gasteiger partial charge in [-0.15, -0.1) is 0 Å². The van der Waals surface area contributed by atoms with Crippen LogP contribution in [-0.2, 0) is 6.42 Å². The molecule has 0 amide bonds. The number of carboxylic acid groups (broad SMARTS) is 1. The summed E-state index contributed by atoms with van der Waals surface area (Å²) in [7, 11) is 0. The van der Waals surface area contributed by atoms with Crippen molar-refractivity contribution in [1.82, 2.24) is 0 Å². The smallest absolute Gasteiger partial charge is 0.343 e. The first-order valence-corrected chi connectivity index (χ1v) is 6.11. The largest absolute Gasteiger partial charge is 0.477 e. The second kappa shape index (κ2) is 5.71. The summed E-state index contributed by atoms with van der Waals surface area (Å²) in [5.74, 6) is -1.30. The zero-order valence-corrected chi connectivity index (χ0v) is 11.0. The number of hydrogen-bond donors (Lipinski definition) is 1. The van der Waals surface area contributed by atoms with Crippen molar-refractivity contribution in [2.24, 2.45) is 0 Å². The molecule has 0 bridgehead atoms. The van der Waals surface area contributed by atoms with Gasteiger partial charge in [0.05, 0.1) is 4.92 Å². The van der Waals surface area contributed by atoms with E-state index in [0.29, 0.717) is 17.0 Å². The summed E-state index contributed by atoms with van der Waals surface area (Å²) in [6.07, 6.45) is 0.292. The number of halogens is 1. The van der Waals surface area contributed by atoms with Gasteiger partial charge >= 0.3 is 5.97 Å². The van der Waals surface area contributed by atoms with Gasteiger partial charge in [0.15, 0.2) is 0 Å². The van der Waals surface area contributed by atoms with Gasteiger partial charge in [0.1, 0.15) is 5.56 Å². The summed E-state index contributed by atoms with van der Waals surface area (Å²) in [6, 6.07) is 11.1. The van der Waals surface area contributed by atoms with Gasteiger partial charge < -0.3 is 5.11 Å². The lowest BCUT2D eigenvalue weighted by Gasteiger charge is -2.07. The normalized spacial score (nSPS) is 10.2. The molecular weight excluding hydrogens is 282 g/mol. The van der Waals surface area contributed by atoms with Crippen LogP contribution in [0, 0.1) is 10.1 Å². The molecule has 2 aromatic carbocycles.